The second kappa shape index (κ2) is 9.57. The van der Waals surface area contributed by atoms with E-state index in [0.29, 0.717) is 0 Å². The molecule has 2 N–H and O–H groups in total. The highest BCUT2D eigenvalue weighted by Crippen LogP contribution is 2.31. The first-order valence-electron chi connectivity index (χ1n) is 11.2. The number of nitrogens with one attached hydrogen (secondary N) is 2. The molecule has 0 spiro atoms. The first-order valence-corrected chi connectivity index (χ1v) is 14.2. The quantitative estimate of drug-likeness (QED) is 0.503. The summed E-state index contributed by atoms with van der Waals surface area (Å²) in [5.74, 6) is 0. The predicted octanol–water partition coefficient (Wildman–Crippen LogP) is 4.81. The molecule has 6 nitrogen and oxygen atoms in total. The fraction of sp³-hybridized carbons (Fsp3) is 0.462. The molecule has 0 unspecified atom stereocenters. The highest BCUT2D eigenvalue weighted by molar-refractivity contribution is 7.91. The van der Waals surface area contributed by atoms with Crippen LogP contribution in [0.5, 0.6) is 0 Å². The number of hydrogen-bond acceptors (Lipinski definition) is 4. The van der Waals surface area contributed by atoms with Crippen LogP contribution >= 0.6 is 0 Å². The Balaban J connectivity index is 2.68. The third-order valence-electron chi connectivity index (χ3n) is 5.80. The van der Waals surface area contributed by atoms with E-state index < -0.39 is 40.6 Å². The molecule has 0 saturated heterocycles. The zero-order valence-electron chi connectivity index (χ0n) is 21.4. The molecule has 0 aliphatic carbocycles. The van der Waals surface area contributed by atoms with E-state index in [9.17, 15) is 16.8 Å². The van der Waals surface area contributed by atoms with Crippen LogP contribution in [0.15, 0.2) is 72.8 Å². The average Bonchev–Trinajstić information content (AvgIpc) is 2.71. The second-order valence-corrected chi connectivity index (χ2v) is 15.8. The van der Waals surface area contributed by atoms with Crippen LogP contribution in [0.2, 0.25) is 0 Å². The molecule has 0 radical (unpaired) electrons. The lowest BCUT2D eigenvalue weighted by Gasteiger charge is -2.35. The van der Waals surface area contributed by atoms with Crippen LogP contribution in [0, 0.1) is 0 Å². The van der Waals surface area contributed by atoms with Crippen LogP contribution in [0.25, 0.3) is 0 Å². The molecule has 0 bridgehead atoms. The van der Waals surface area contributed by atoms with E-state index in [1.807, 2.05) is 60.7 Å². The average molecular weight is 507 g/mol. The van der Waals surface area contributed by atoms with Crippen LogP contribution in [-0.4, -0.2) is 26.3 Å². The zero-order valence-corrected chi connectivity index (χ0v) is 23.0. The normalized spacial score (nSPS) is 17.3. The minimum absolute atomic E-state index is 0.730. The van der Waals surface area contributed by atoms with Gasteiger partial charge in [-0.25, -0.2) is 26.3 Å². The molecule has 2 atom stereocenters. The van der Waals surface area contributed by atoms with Gasteiger partial charge in [-0.1, -0.05) is 72.8 Å². The van der Waals surface area contributed by atoms with E-state index in [-0.39, 0.29) is 0 Å². The summed E-state index contributed by atoms with van der Waals surface area (Å²) in [5, 5.41) is 0. The summed E-state index contributed by atoms with van der Waals surface area (Å²) >= 11 is 0. The number of rotatable bonds is 8. The smallest absolute Gasteiger partial charge is 0.212 e. The van der Waals surface area contributed by atoms with Crippen molar-refractivity contribution >= 4 is 20.0 Å². The first kappa shape index (κ1) is 28.2. The number of hydrogen-bond donors (Lipinski definition) is 2. The van der Waals surface area contributed by atoms with E-state index in [2.05, 4.69) is 9.44 Å². The molecular formula is C26H38N2O4S2. The highest BCUT2D eigenvalue weighted by atomic mass is 32.2. The van der Waals surface area contributed by atoms with Gasteiger partial charge in [0.25, 0.3) is 0 Å². The van der Waals surface area contributed by atoms with Gasteiger partial charge in [-0.2, -0.15) is 0 Å². The summed E-state index contributed by atoms with van der Waals surface area (Å²) in [7, 11) is -7.47. The van der Waals surface area contributed by atoms with Crippen molar-refractivity contribution in [1.82, 2.24) is 9.44 Å². The Morgan fingerprint density at radius 3 is 1.03 bits per heavy atom. The second-order valence-electron chi connectivity index (χ2n) is 10.9. The molecule has 2 aromatic carbocycles. The van der Waals surface area contributed by atoms with Gasteiger partial charge in [-0.05, 0) is 66.5 Å². The fourth-order valence-electron chi connectivity index (χ4n) is 3.14. The van der Waals surface area contributed by atoms with Crippen LogP contribution in [-0.2, 0) is 31.1 Å². The molecule has 34 heavy (non-hydrogen) atoms. The minimum Gasteiger partial charge on any atom is -0.212 e. The third kappa shape index (κ3) is 6.36. The summed E-state index contributed by atoms with van der Waals surface area (Å²) in [5.41, 5.74) is -0.797. The predicted molar refractivity (Wildman–Crippen MR) is 140 cm³/mol. The van der Waals surface area contributed by atoms with Gasteiger partial charge < -0.3 is 0 Å². The minimum atomic E-state index is -3.73. The maximum Gasteiger partial charge on any atom is 0.217 e. The van der Waals surface area contributed by atoms with Gasteiger partial charge in [0.2, 0.25) is 20.0 Å². The maximum atomic E-state index is 13.1. The van der Waals surface area contributed by atoms with Gasteiger partial charge >= 0.3 is 0 Å². The largest absolute Gasteiger partial charge is 0.217 e. The first-order chi connectivity index (χ1) is 15.3. The Bertz CT molecular complexity index is 1110. The molecule has 0 amide bonds. The summed E-state index contributed by atoms with van der Waals surface area (Å²) in [6, 6.07) is 18.4. The molecule has 188 valence electrons. The van der Waals surface area contributed by atoms with Crippen LogP contribution < -0.4 is 9.44 Å². The van der Waals surface area contributed by atoms with Crippen molar-refractivity contribution in [2.24, 2.45) is 0 Å². The molecular weight excluding hydrogens is 468 g/mol. The Morgan fingerprint density at radius 1 is 0.529 bits per heavy atom. The van der Waals surface area contributed by atoms with Crippen molar-refractivity contribution in [2.45, 2.75) is 76.0 Å². The molecule has 8 heteroatoms. The van der Waals surface area contributed by atoms with Crippen molar-refractivity contribution in [1.29, 1.82) is 0 Å². The standard InChI is InChI=1S/C26H38N2O4S2/c1-23(2,3)33(29,30)27-25(7,21-15-11-9-12-16-21)19-20-26(8,22-17-13-10-14-18-22)28-34(31,32)24(4,5)6/h9-20,27-28H,1-8H3/b20-19+/t25-,26-/m0/s1. The van der Waals surface area contributed by atoms with Crippen molar-refractivity contribution in [3.63, 3.8) is 0 Å². The van der Waals surface area contributed by atoms with E-state index in [1.54, 1.807) is 67.5 Å². The highest BCUT2D eigenvalue weighted by Gasteiger charge is 2.39. The molecule has 0 aromatic heterocycles. The topological polar surface area (TPSA) is 92.3 Å². The summed E-state index contributed by atoms with van der Waals surface area (Å²) < 4.78 is 56.2. The lowest BCUT2D eigenvalue weighted by atomic mass is 9.87. The molecule has 0 heterocycles. The Hall–Kier alpha value is -2.00. The van der Waals surface area contributed by atoms with Gasteiger partial charge in [-0.3, -0.25) is 0 Å². The van der Waals surface area contributed by atoms with Gasteiger partial charge in [0.1, 0.15) is 0 Å². The van der Waals surface area contributed by atoms with Crippen LogP contribution in [0.1, 0.15) is 66.5 Å². The molecule has 0 aliphatic rings. The van der Waals surface area contributed by atoms with Crippen LogP contribution in [0.4, 0.5) is 0 Å². The molecule has 0 saturated carbocycles. The summed E-state index contributed by atoms with van der Waals surface area (Å²) in [4.78, 5) is 0. The van der Waals surface area contributed by atoms with Crippen molar-refractivity contribution in [2.75, 3.05) is 0 Å². The van der Waals surface area contributed by atoms with E-state index in [4.69, 9.17) is 0 Å². The number of sulfonamides is 2. The third-order valence-corrected chi connectivity index (χ3v) is 10.4. The van der Waals surface area contributed by atoms with E-state index in [1.165, 1.54) is 0 Å². The molecule has 0 aliphatic heterocycles. The SMILES string of the molecule is CC(C)(C)S(=O)(=O)N[C@@](C)(/C=C/[C@](C)(NS(=O)(=O)C(C)(C)C)c1ccccc1)c1ccccc1. The van der Waals surface area contributed by atoms with Gasteiger partial charge in [0.05, 0.1) is 20.6 Å². The monoisotopic (exact) mass is 506 g/mol. The van der Waals surface area contributed by atoms with E-state index in [0.717, 1.165) is 11.1 Å². The van der Waals surface area contributed by atoms with Gasteiger partial charge in [0, 0.05) is 0 Å². The molecule has 0 fully saturated rings. The van der Waals surface area contributed by atoms with Crippen molar-refractivity contribution < 1.29 is 16.8 Å². The summed E-state index contributed by atoms with van der Waals surface area (Å²) in [6.07, 6.45) is 3.45. The van der Waals surface area contributed by atoms with Crippen molar-refractivity contribution in [3.8, 4) is 0 Å². The van der Waals surface area contributed by atoms with Gasteiger partial charge in [0.15, 0.2) is 0 Å². The van der Waals surface area contributed by atoms with Crippen molar-refractivity contribution in [3.05, 3.63) is 83.9 Å². The molecule has 2 rings (SSSR count). The molecule has 2 aromatic rings. The maximum absolute atomic E-state index is 13.1. The Kier molecular flexibility index (Phi) is 7.95. The zero-order chi connectivity index (χ0) is 26.1. The van der Waals surface area contributed by atoms with E-state index >= 15 is 0 Å². The Labute approximate surface area is 206 Å². The lowest BCUT2D eigenvalue weighted by Crippen LogP contribution is -2.51. The van der Waals surface area contributed by atoms with Crippen LogP contribution in [0.3, 0.4) is 0 Å². The van der Waals surface area contributed by atoms with Gasteiger partial charge in [-0.15, -0.1) is 0 Å². The Morgan fingerprint density at radius 2 is 0.794 bits per heavy atom. The summed E-state index contributed by atoms with van der Waals surface area (Å²) in [6.45, 7) is 13.3. The fourth-order valence-corrected chi connectivity index (χ4v) is 5.25. The number of benzene rings is 2. The lowest BCUT2D eigenvalue weighted by molar-refractivity contribution is 0.473.